The highest BCUT2D eigenvalue weighted by molar-refractivity contribution is 5.95. The van der Waals surface area contributed by atoms with E-state index in [-0.39, 0.29) is 6.03 Å². The van der Waals surface area contributed by atoms with Crippen LogP contribution in [0.15, 0.2) is 48.5 Å². The van der Waals surface area contributed by atoms with E-state index in [0.29, 0.717) is 12.2 Å². The first kappa shape index (κ1) is 14.4. The van der Waals surface area contributed by atoms with Gasteiger partial charge in [0.05, 0.1) is 11.4 Å². The number of amides is 2. The molecule has 4 heteroatoms. The molecule has 0 aliphatic carbocycles. The van der Waals surface area contributed by atoms with Crippen molar-refractivity contribution in [3.8, 4) is 0 Å². The molecule has 0 atom stereocenters. The minimum atomic E-state index is 0.0346. The Hall–Kier alpha value is -2.49. The summed E-state index contributed by atoms with van der Waals surface area (Å²) in [5.74, 6) is 0. The molecule has 3 rings (SSSR count). The van der Waals surface area contributed by atoms with Gasteiger partial charge >= 0.3 is 6.03 Å². The number of nitrogens with two attached hydrogens (primary N) is 1. The standard InChI is InChI=1S/C18H21N3O/c1-14-7-2-3-8-15(14)13-20-11-6-12-21(18(20)22)17-10-5-4-9-16(17)19/h2-5,7-10H,6,11-13,19H2,1H3. The van der Waals surface area contributed by atoms with Crippen LogP contribution in [0, 0.1) is 6.92 Å². The summed E-state index contributed by atoms with van der Waals surface area (Å²) in [7, 11) is 0. The second-order valence-electron chi connectivity index (χ2n) is 5.69. The maximum absolute atomic E-state index is 12.8. The number of benzene rings is 2. The minimum absolute atomic E-state index is 0.0346. The van der Waals surface area contributed by atoms with E-state index >= 15 is 0 Å². The van der Waals surface area contributed by atoms with E-state index in [4.69, 9.17) is 5.73 Å². The molecule has 0 unspecified atom stereocenters. The zero-order chi connectivity index (χ0) is 15.5. The fourth-order valence-electron chi connectivity index (χ4n) is 2.88. The van der Waals surface area contributed by atoms with Crippen molar-refractivity contribution in [3.63, 3.8) is 0 Å². The second kappa shape index (κ2) is 6.10. The molecule has 1 aliphatic rings. The molecule has 2 aromatic carbocycles. The Bertz CT molecular complexity index is 684. The van der Waals surface area contributed by atoms with Crippen LogP contribution in [0.4, 0.5) is 16.2 Å². The number of anilines is 2. The van der Waals surface area contributed by atoms with Gasteiger partial charge < -0.3 is 10.6 Å². The summed E-state index contributed by atoms with van der Waals surface area (Å²) >= 11 is 0. The summed E-state index contributed by atoms with van der Waals surface area (Å²) in [6.07, 6.45) is 0.950. The van der Waals surface area contributed by atoms with Crippen LogP contribution in [0.3, 0.4) is 0 Å². The number of hydrogen-bond donors (Lipinski definition) is 1. The molecule has 0 bridgehead atoms. The fraction of sp³-hybridized carbons (Fsp3) is 0.278. The first-order valence-corrected chi connectivity index (χ1v) is 7.62. The number of nitrogens with zero attached hydrogens (tertiary/aromatic N) is 2. The van der Waals surface area contributed by atoms with Crippen LogP contribution in [0.5, 0.6) is 0 Å². The van der Waals surface area contributed by atoms with Crippen LogP contribution in [0.2, 0.25) is 0 Å². The average Bonchev–Trinajstić information content (AvgIpc) is 2.52. The van der Waals surface area contributed by atoms with Gasteiger partial charge in [-0.25, -0.2) is 4.79 Å². The summed E-state index contributed by atoms with van der Waals surface area (Å²) in [5, 5.41) is 0. The quantitative estimate of drug-likeness (QED) is 0.882. The Morgan fingerprint density at radius 1 is 1.05 bits per heavy atom. The average molecular weight is 295 g/mol. The lowest BCUT2D eigenvalue weighted by Gasteiger charge is -2.36. The molecule has 2 aromatic rings. The number of urea groups is 1. The van der Waals surface area contributed by atoms with Crippen LogP contribution < -0.4 is 10.6 Å². The van der Waals surface area contributed by atoms with E-state index in [1.54, 1.807) is 4.90 Å². The maximum atomic E-state index is 12.8. The number of hydrogen-bond acceptors (Lipinski definition) is 2. The summed E-state index contributed by atoms with van der Waals surface area (Å²) in [6, 6.07) is 15.8. The number of carbonyl (C=O) groups excluding carboxylic acids is 1. The third-order valence-electron chi connectivity index (χ3n) is 4.16. The molecule has 1 aliphatic heterocycles. The van der Waals surface area contributed by atoms with E-state index < -0.39 is 0 Å². The molecule has 22 heavy (non-hydrogen) atoms. The monoisotopic (exact) mass is 295 g/mol. The zero-order valence-corrected chi connectivity index (χ0v) is 12.8. The molecule has 0 saturated carbocycles. The number of para-hydroxylation sites is 2. The molecule has 1 heterocycles. The molecule has 0 aromatic heterocycles. The van der Waals surface area contributed by atoms with Crippen molar-refractivity contribution in [2.45, 2.75) is 19.9 Å². The molecule has 4 nitrogen and oxygen atoms in total. The first-order chi connectivity index (χ1) is 10.7. The van der Waals surface area contributed by atoms with Crippen LogP contribution >= 0.6 is 0 Å². The van der Waals surface area contributed by atoms with E-state index in [0.717, 1.165) is 25.2 Å². The smallest absolute Gasteiger partial charge is 0.324 e. The SMILES string of the molecule is Cc1ccccc1CN1CCCN(c2ccccc2N)C1=O. The Balaban J connectivity index is 1.82. The number of rotatable bonds is 3. The Labute approximate surface area is 131 Å². The highest BCUT2D eigenvalue weighted by Gasteiger charge is 2.27. The van der Waals surface area contributed by atoms with Crippen molar-refractivity contribution < 1.29 is 4.79 Å². The van der Waals surface area contributed by atoms with E-state index in [1.165, 1.54) is 11.1 Å². The van der Waals surface area contributed by atoms with Gasteiger partial charge in [-0.1, -0.05) is 36.4 Å². The third kappa shape index (κ3) is 2.77. The van der Waals surface area contributed by atoms with Gasteiger partial charge in [0.1, 0.15) is 0 Å². The number of aryl methyl sites for hydroxylation is 1. The molecule has 1 fully saturated rings. The van der Waals surface area contributed by atoms with Crippen LogP contribution in [0.25, 0.3) is 0 Å². The number of nitrogen functional groups attached to an aromatic ring is 1. The molecule has 0 spiro atoms. The van der Waals surface area contributed by atoms with Crippen molar-refractivity contribution in [3.05, 3.63) is 59.7 Å². The fourth-order valence-corrected chi connectivity index (χ4v) is 2.88. The Morgan fingerprint density at radius 2 is 1.77 bits per heavy atom. The van der Waals surface area contributed by atoms with Gasteiger partial charge in [0.15, 0.2) is 0 Å². The molecule has 2 N–H and O–H groups in total. The molecule has 114 valence electrons. The lowest BCUT2D eigenvalue weighted by atomic mass is 10.1. The van der Waals surface area contributed by atoms with Crippen LogP contribution in [-0.2, 0) is 6.54 Å². The van der Waals surface area contributed by atoms with Crippen molar-refractivity contribution in [2.75, 3.05) is 23.7 Å². The topological polar surface area (TPSA) is 49.6 Å². The third-order valence-corrected chi connectivity index (χ3v) is 4.16. The largest absolute Gasteiger partial charge is 0.397 e. The molecule has 0 radical (unpaired) electrons. The van der Waals surface area contributed by atoms with Crippen molar-refractivity contribution in [2.24, 2.45) is 0 Å². The van der Waals surface area contributed by atoms with Crippen molar-refractivity contribution >= 4 is 17.4 Å². The van der Waals surface area contributed by atoms with E-state index in [2.05, 4.69) is 19.1 Å². The molecular weight excluding hydrogens is 274 g/mol. The summed E-state index contributed by atoms with van der Waals surface area (Å²) < 4.78 is 0. The van der Waals surface area contributed by atoms with Gasteiger partial charge in [-0.2, -0.15) is 0 Å². The van der Waals surface area contributed by atoms with Crippen LogP contribution in [0.1, 0.15) is 17.5 Å². The zero-order valence-electron chi connectivity index (χ0n) is 12.8. The van der Waals surface area contributed by atoms with Gasteiger partial charge in [-0.3, -0.25) is 4.90 Å². The van der Waals surface area contributed by atoms with E-state index in [1.807, 2.05) is 41.3 Å². The predicted molar refractivity (Wildman–Crippen MR) is 89.8 cm³/mol. The predicted octanol–water partition coefficient (Wildman–Crippen LogP) is 3.41. The van der Waals surface area contributed by atoms with Gasteiger partial charge in [0, 0.05) is 19.6 Å². The van der Waals surface area contributed by atoms with Gasteiger partial charge in [-0.05, 0) is 36.6 Å². The van der Waals surface area contributed by atoms with Crippen molar-refractivity contribution in [1.82, 2.24) is 4.90 Å². The molecule has 2 amide bonds. The minimum Gasteiger partial charge on any atom is -0.397 e. The summed E-state index contributed by atoms with van der Waals surface area (Å²) in [6.45, 7) is 4.24. The summed E-state index contributed by atoms with van der Waals surface area (Å²) in [5.41, 5.74) is 9.89. The highest BCUT2D eigenvalue weighted by Crippen LogP contribution is 2.26. The summed E-state index contributed by atoms with van der Waals surface area (Å²) in [4.78, 5) is 16.5. The first-order valence-electron chi connectivity index (χ1n) is 7.62. The van der Waals surface area contributed by atoms with Crippen LogP contribution in [-0.4, -0.2) is 24.0 Å². The maximum Gasteiger partial charge on any atom is 0.324 e. The normalized spacial score (nSPS) is 15.2. The van der Waals surface area contributed by atoms with Gasteiger partial charge in [0.2, 0.25) is 0 Å². The number of carbonyl (C=O) groups is 1. The van der Waals surface area contributed by atoms with E-state index in [9.17, 15) is 4.79 Å². The molecular formula is C18H21N3O. The lowest BCUT2D eigenvalue weighted by molar-refractivity contribution is 0.192. The second-order valence-corrected chi connectivity index (χ2v) is 5.69. The highest BCUT2D eigenvalue weighted by atomic mass is 16.2. The Kier molecular flexibility index (Phi) is 4.00. The lowest BCUT2D eigenvalue weighted by Crippen LogP contribution is -2.49. The van der Waals surface area contributed by atoms with Crippen molar-refractivity contribution in [1.29, 1.82) is 0 Å². The molecule has 1 saturated heterocycles. The van der Waals surface area contributed by atoms with Gasteiger partial charge in [0.25, 0.3) is 0 Å². The Morgan fingerprint density at radius 3 is 2.55 bits per heavy atom. The van der Waals surface area contributed by atoms with Gasteiger partial charge in [-0.15, -0.1) is 0 Å².